The van der Waals surface area contributed by atoms with Crippen LogP contribution >= 0.6 is 0 Å². The number of nitrogens with one attached hydrogen (secondary N) is 3. The summed E-state index contributed by atoms with van der Waals surface area (Å²) < 4.78 is 0. The molecule has 0 spiro atoms. The number of ketones is 1. The maximum absolute atomic E-state index is 11.9. The molecule has 0 fully saturated rings. The molecule has 0 saturated heterocycles. The van der Waals surface area contributed by atoms with Crippen molar-refractivity contribution in [1.29, 1.82) is 0 Å². The molecule has 1 unspecified atom stereocenters. The van der Waals surface area contributed by atoms with E-state index >= 15 is 0 Å². The topological polar surface area (TPSA) is 86.9 Å². The lowest BCUT2D eigenvalue weighted by Crippen LogP contribution is -2.31. The quantitative estimate of drug-likeness (QED) is 0.747. The molecule has 0 aliphatic rings. The first-order chi connectivity index (χ1) is 9.56. The third kappa shape index (κ3) is 3.44. The van der Waals surface area contributed by atoms with E-state index in [2.05, 4.69) is 20.8 Å². The van der Waals surface area contributed by atoms with Gasteiger partial charge in [-0.2, -0.15) is 5.10 Å². The highest BCUT2D eigenvalue weighted by atomic mass is 16.2. The summed E-state index contributed by atoms with van der Waals surface area (Å²) >= 11 is 0. The highest BCUT2D eigenvalue weighted by Gasteiger charge is 2.10. The van der Waals surface area contributed by atoms with Crippen LogP contribution in [0.25, 0.3) is 0 Å². The van der Waals surface area contributed by atoms with Gasteiger partial charge in [0.15, 0.2) is 5.78 Å². The third-order valence-corrected chi connectivity index (χ3v) is 2.89. The van der Waals surface area contributed by atoms with Crippen LogP contribution in [-0.2, 0) is 0 Å². The lowest BCUT2D eigenvalue weighted by atomic mass is 10.1. The van der Waals surface area contributed by atoms with Crippen molar-refractivity contribution in [2.75, 3.05) is 5.32 Å². The van der Waals surface area contributed by atoms with E-state index in [-0.39, 0.29) is 17.9 Å². The summed E-state index contributed by atoms with van der Waals surface area (Å²) in [6.45, 7) is 3.34. The minimum Gasteiger partial charge on any atom is -0.331 e. The second-order valence-electron chi connectivity index (χ2n) is 4.49. The van der Waals surface area contributed by atoms with Crippen LogP contribution in [0.15, 0.2) is 36.7 Å². The summed E-state index contributed by atoms with van der Waals surface area (Å²) in [6, 6.07) is 6.31. The summed E-state index contributed by atoms with van der Waals surface area (Å²) in [7, 11) is 0. The van der Waals surface area contributed by atoms with Gasteiger partial charge in [-0.3, -0.25) is 9.89 Å². The number of H-pyrrole nitrogens is 1. The number of carbonyl (C=O) groups is 2. The Bertz CT molecular complexity index is 607. The normalized spacial score (nSPS) is 11.7. The molecule has 104 valence electrons. The fourth-order valence-electron chi connectivity index (χ4n) is 1.76. The molecule has 1 atom stereocenters. The summed E-state index contributed by atoms with van der Waals surface area (Å²) in [4.78, 5) is 23.1. The van der Waals surface area contributed by atoms with Gasteiger partial charge in [-0.1, -0.05) is 12.1 Å². The van der Waals surface area contributed by atoms with E-state index < -0.39 is 0 Å². The SMILES string of the molecule is CC(=O)c1cccc(NC(=O)NC(C)c2cn[nH]c2)c1. The third-order valence-electron chi connectivity index (χ3n) is 2.89. The van der Waals surface area contributed by atoms with Crippen molar-refractivity contribution in [2.45, 2.75) is 19.9 Å². The van der Waals surface area contributed by atoms with Crippen molar-refractivity contribution < 1.29 is 9.59 Å². The van der Waals surface area contributed by atoms with E-state index in [1.165, 1.54) is 6.92 Å². The van der Waals surface area contributed by atoms with Crippen LogP contribution in [0.1, 0.15) is 35.8 Å². The smallest absolute Gasteiger partial charge is 0.319 e. The van der Waals surface area contributed by atoms with Crippen LogP contribution in [0.5, 0.6) is 0 Å². The number of hydrogen-bond acceptors (Lipinski definition) is 3. The molecule has 1 aromatic heterocycles. The fraction of sp³-hybridized carbons (Fsp3) is 0.214. The molecule has 0 aliphatic carbocycles. The van der Waals surface area contributed by atoms with Crippen LogP contribution in [0.3, 0.4) is 0 Å². The molecule has 20 heavy (non-hydrogen) atoms. The Morgan fingerprint density at radius 3 is 2.80 bits per heavy atom. The van der Waals surface area contributed by atoms with Crippen molar-refractivity contribution in [3.05, 3.63) is 47.8 Å². The van der Waals surface area contributed by atoms with Crippen molar-refractivity contribution in [3.63, 3.8) is 0 Å². The minimum atomic E-state index is -0.334. The van der Waals surface area contributed by atoms with Gasteiger partial charge in [-0.15, -0.1) is 0 Å². The molecule has 1 aromatic carbocycles. The molecule has 0 radical (unpaired) electrons. The van der Waals surface area contributed by atoms with Crippen molar-refractivity contribution in [1.82, 2.24) is 15.5 Å². The van der Waals surface area contributed by atoms with Gasteiger partial charge >= 0.3 is 6.03 Å². The average molecular weight is 272 g/mol. The number of hydrogen-bond donors (Lipinski definition) is 3. The second kappa shape index (κ2) is 6.01. The molecule has 1 heterocycles. The van der Waals surface area contributed by atoms with Gasteiger partial charge in [0.25, 0.3) is 0 Å². The number of anilines is 1. The van der Waals surface area contributed by atoms with Gasteiger partial charge < -0.3 is 10.6 Å². The number of amides is 2. The molecule has 0 aliphatic heterocycles. The Labute approximate surface area is 116 Å². The zero-order valence-electron chi connectivity index (χ0n) is 11.3. The summed E-state index contributed by atoms with van der Waals surface area (Å²) in [6.07, 6.45) is 3.38. The van der Waals surface area contributed by atoms with E-state index in [0.717, 1.165) is 5.56 Å². The molecular formula is C14H16N4O2. The lowest BCUT2D eigenvalue weighted by Gasteiger charge is -2.13. The molecule has 6 heteroatoms. The molecular weight excluding hydrogens is 256 g/mol. The molecule has 2 aromatic rings. The van der Waals surface area contributed by atoms with Crippen molar-refractivity contribution in [3.8, 4) is 0 Å². The van der Waals surface area contributed by atoms with Crippen molar-refractivity contribution in [2.24, 2.45) is 0 Å². The van der Waals surface area contributed by atoms with E-state index in [4.69, 9.17) is 0 Å². The number of carbonyl (C=O) groups excluding carboxylic acids is 2. The number of benzene rings is 1. The molecule has 2 rings (SSSR count). The number of rotatable bonds is 4. The van der Waals surface area contributed by atoms with Crippen LogP contribution in [0.4, 0.5) is 10.5 Å². The molecule has 0 bridgehead atoms. The molecule has 3 N–H and O–H groups in total. The van der Waals surface area contributed by atoms with Crippen LogP contribution in [-0.4, -0.2) is 22.0 Å². The van der Waals surface area contributed by atoms with E-state index in [1.807, 2.05) is 6.92 Å². The number of aromatic nitrogens is 2. The monoisotopic (exact) mass is 272 g/mol. The Balaban J connectivity index is 1.98. The standard InChI is InChI=1S/C14H16N4O2/c1-9(12-7-15-16-8-12)17-14(20)18-13-5-3-4-11(6-13)10(2)19/h3-9H,1-2H3,(H,15,16)(H2,17,18,20). The van der Waals surface area contributed by atoms with Crippen molar-refractivity contribution >= 4 is 17.5 Å². The molecule has 2 amide bonds. The number of aromatic amines is 1. The Kier molecular flexibility index (Phi) is 4.14. The van der Waals surface area contributed by atoms with Gasteiger partial charge in [-0.05, 0) is 26.0 Å². The first kappa shape index (κ1) is 13.8. The van der Waals surface area contributed by atoms with E-state index in [0.29, 0.717) is 11.3 Å². The predicted molar refractivity (Wildman–Crippen MR) is 75.6 cm³/mol. The number of Topliss-reactive ketones (excluding diaryl/α,β-unsaturated/α-hetero) is 1. The van der Waals surface area contributed by atoms with E-state index in [1.54, 1.807) is 36.7 Å². The van der Waals surface area contributed by atoms with Gasteiger partial charge in [0, 0.05) is 23.0 Å². The Morgan fingerprint density at radius 2 is 2.15 bits per heavy atom. The highest BCUT2D eigenvalue weighted by molar-refractivity contribution is 5.96. The molecule has 6 nitrogen and oxygen atoms in total. The first-order valence-corrected chi connectivity index (χ1v) is 6.23. The highest BCUT2D eigenvalue weighted by Crippen LogP contribution is 2.13. The Hall–Kier alpha value is -2.63. The van der Waals surface area contributed by atoms with Gasteiger partial charge in [-0.25, -0.2) is 4.79 Å². The minimum absolute atomic E-state index is 0.0409. The van der Waals surface area contributed by atoms with Crippen LogP contribution in [0, 0.1) is 0 Å². The molecule has 0 saturated carbocycles. The number of nitrogens with zero attached hydrogens (tertiary/aromatic N) is 1. The average Bonchev–Trinajstić information content (AvgIpc) is 2.92. The van der Waals surface area contributed by atoms with Crippen LogP contribution in [0.2, 0.25) is 0 Å². The second-order valence-corrected chi connectivity index (χ2v) is 4.49. The summed E-state index contributed by atoms with van der Waals surface area (Å²) in [5, 5.41) is 12.0. The lowest BCUT2D eigenvalue weighted by molar-refractivity contribution is 0.101. The predicted octanol–water partition coefficient (Wildman–Crippen LogP) is 2.50. The van der Waals surface area contributed by atoms with E-state index in [9.17, 15) is 9.59 Å². The maximum Gasteiger partial charge on any atom is 0.319 e. The largest absolute Gasteiger partial charge is 0.331 e. The van der Waals surface area contributed by atoms with Gasteiger partial charge in [0.2, 0.25) is 0 Å². The maximum atomic E-state index is 11.9. The van der Waals surface area contributed by atoms with Gasteiger partial charge in [0.05, 0.1) is 12.2 Å². The zero-order chi connectivity index (χ0) is 14.5. The van der Waals surface area contributed by atoms with Gasteiger partial charge in [0.1, 0.15) is 0 Å². The number of urea groups is 1. The zero-order valence-corrected chi connectivity index (χ0v) is 11.3. The Morgan fingerprint density at radius 1 is 1.35 bits per heavy atom. The summed E-state index contributed by atoms with van der Waals surface area (Å²) in [5.41, 5.74) is 2.03. The first-order valence-electron chi connectivity index (χ1n) is 6.23. The van der Waals surface area contributed by atoms with Crippen LogP contribution < -0.4 is 10.6 Å². The summed E-state index contributed by atoms with van der Waals surface area (Å²) in [5.74, 6) is -0.0409. The fourth-order valence-corrected chi connectivity index (χ4v) is 1.76.